The zero-order valence-electron chi connectivity index (χ0n) is 10.7. The Kier molecular flexibility index (Phi) is 5.56. The molecule has 8 nitrogen and oxygen atoms in total. The Morgan fingerprint density at radius 1 is 1.42 bits per heavy atom. The van der Waals surface area contributed by atoms with Crippen molar-refractivity contribution in [2.24, 2.45) is 0 Å². The van der Waals surface area contributed by atoms with Crippen molar-refractivity contribution in [2.45, 2.75) is 31.9 Å². The normalized spacial score (nSPS) is 21.3. The summed E-state index contributed by atoms with van der Waals surface area (Å²) >= 11 is 0. The van der Waals surface area contributed by atoms with Gasteiger partial charge in [0, 0.05) is 19.7 Å². The van der Waals surface area contributed by atoms with Crippen LogP contribution in [-0.2, 0) is 14.3 Å². The second kappa shape index (κ2) is 6.93. The Bertz CT molecular complexity index is 359. The zero-order chi connectivity index (χ0) is 14.4. The van der Waals surface area contributed by atoms with Crippen LogP contribution in [0.15, 0.2) is 0 Å². The number of carbonyl (C=O) groups excluding carboxylic acids is 1. The molecule has 19 heavy (non-hydrogen) atoms. The summed E-state index contributed by atoms with van der Waals surface area (Å²) in [6.07, 6.45) is -0.119. The van der Waals surface area contributed by atoms with Gasteiger partial charge in [0.1, 0.15) is 6.04 Å². The number of carbonyl (C=O) groups is 3. The van der Waals surface area contributed by atoms with E-state index in [1.807, 2.05) is 6.92 Å². The summed E-state index contributed by atoms with van der Waals surface area (Å²) in [6.45, 7) is 3.17. The van der Waals surface area contributed by atoms with E-state index in [0.29, 0.717) is 26.1 Å². The Morgan fingerprint density at radius 2 is 2.11 bits per heavy atom. The predicted molar refractivity (Wildman–Crippen MR) is 63.8 cm³/mol. The third kappa shape index (κ3) is 5.12. The number of carboxylic acids is 2. The highest BCUT2D eigenvalue weighted by molar-refractivity contribution is 5.86. The molecule has 0 radical (unpaired) electrons. The maximum atomic E-state index is 11.9. The second-order valence-electron chi connectivity index (χ2n) is 4.42. The minimum Gasteiger partial charge on any atom is -0.481 e. The fourth-order valence-electron chi connectivity index (χ4n) is 1.79. The van der Waals surface area contributed by atoms with Crippen LogP contribution in [0.3, 0.4) is 0 Å². The Hall–Kier alpha value is -1.83. The van der Waals surface area contributed by atoms with Crippen molar-refractivity contribution >= 4 is 18.0 Å². The van der Waals surface area contributed by atoms with Crippen LogP contribution >= 0.6 is 0 Å². The van der Waals surface area contributed by atoms with E-state index in [0.717, 1.165) is 0 Å². The summed E-state index contributed by atoms with van der Waals surface area (Å²) in [6, 6.07) is -2.00. The number of nitrogens with one attached hydrogen (secondary N) is 1. The van der Waals surface area contributed by atoms with Gasteiger partial charge in [-0.15, -0.1) is 0 Å². The van der Waals surface area contributed by atoms with Crippen LogP contribution in [0.25, 0.3) is 0 Å². The molecule has 8 heteroatoms. The van der Waals surface area contributed by atoms with Crippen LogP contribution in [-0.4, -0.2) is 64.9 Å². The molecule has 0 aromatic rings. The molecular weight excluding hydrogens is 256 g/mol. The van der Waals surface area contributed by atoms with Crippen molar-refractivity contribution in [1.82, 2.24) is 10.2 Å². The largest absolute Gasteiger partial charge is 0.481 e. The molecule has 2 atom stereocenters. The first-order valence-corrected chi connectivity index (χ1v) is 6.01. The van der Waals surface area contributed by atoms with E-state index in [4.69, 9.17) is 14.9 Å². The quantitative estimate of drug-likeness (QED) is 0.650. The van der Waals surface area contributed by atoms with Crippen LogP contribution in [0.5, 0.6) is 0 Å². The first-order chi connectivity index (χ1) is 8.90. The summed E-state index contributed by atoms with van der Waals surface area (Å²) in [5.41, 5.74) is 0. The number of amides is 2. The average Bonchev–Trinajstić information content (AvgIpc) is 2.52. The van der Waals surface area contributed by atoms with E-state index in [2.05, 4.69) is 5.32 Å². The summed E-state index contributed by atoms with van der Waals surface area (Å²) in [7, 11) is 0. The highest BCUT2D eigenvalue weighted by Gasteiger charge is 2.27. The second-order valence-corrected chi connectivity index (χ2v) is 4.42. The smallest absolute Gasteiger partial charge is 0.326 e. The van der Waals surface area contributed by atoms with Gasteiger partial charge in [-0.2, -0.15) is 0 Å². The summed E-state index contributed by atoms with van der Waals surface area (Å²) in [5.74, 6) is -2.64. The molecule has 0 spiro atoms. The van der Waals surface area contributed by atoms with E-state index in [1.54, 1.807) is 0 Å². The highest BCUT2D eigenvalue weighted by atomic mass is 16.5. The minimum absolute atomic E-state index is 0.129. The number of hydrogen-bond acceptors (Lipinski definition) is 4. The van der Waals surface area contributed by atoms with Gasteiger partial charge in [-0.25, -0.2) is 9.59 Å². The molecule has 0 saturated carbocycles. The number of nitrogens with zero attached hydrogens (tertiary/aromatic N) is 1. The van der Waals surface area contributed by atoms with Crippen molar-refractivity contribution in [3.05, 3.63) is 0 Å². The molecule has 1 aliphatic heterocycles. The zero-order valence-corrected chi connectivity index (χ0v) is 10.7. The van der Waals surface area contributed by atoms with Gasteiger partial charge in [0.05, 0.1) is 12.5 Å². The van der Waals surface area contributed by atoms with E-state index in [9.17, 15) is 14.4 Å². The molecule has 1 heterocycles. The van der Waals surface area contributed by atoms with Gasteiger partial charge >= 0.3 is 18.0 Å². The van der Waals surface area contributed by atoms with Gasteiger partial charge in [-0.05, 0) is 13.3 Å². The van der Waals surface area contributed by atoms with Gasteiger partial charge in [-0.3, -0.25) is 4.79 Å². The molecule has 1 aliphatic rings. The molecule has 2 amide bonds. The lowest BCUT2D eigenvalue weighted by Crippen LogP contribution is -2.50. The summed E-state index contributed by atoms with van der Waals surface area (Å²) in [4.78, 5) is 34.7. The van der Waals surface area contributed by atoms with Crippen molar-refractivity contribution in [3.63, 3.8) is 0 Å². The topological polar surface area (TPSA) is 116 Å². The van der Waals surface area contributed by atoms with Crippen LogP contribution in [0.2, 0.25) is 0 Å². The third-order valence-corrected chi connectivity index (χ3v) is 2.71. The van der Waals surface area contributed by atoms with Crippen molar-refractivity contribution in [1.29, 1.82) is 0 Å². The standard InChI is InChI=1S/C11H18N2O6/c1-7-6-13(3-2-4-19-7)11(18)12-8(10(16)17)5-9(14)15/h7-8H,2-6H2,1H3,(H,12,18)(H,14,15)(H,16,17). The lowest BCUT2D eigenvalue weighted by molar-refractivity contribution is -0.145. The van der Waals surface area contributed by atoms with Crippen LogP contribution < -0.4 is 5.32 Å². The Balaban J connectivity index is 2.59. The number of ether oxygens (including phenoxy) is 1. The van der Waals surface area contributed by atoms with E-state index in [-0.39, 0.29) is 6.10 Å². The minimum atomic E-state index is -1.43. The molecule has 1 rings (SSSR count). The van der Waals surface area contributed by atoms with Crippen molar-refractivity contribution < 1.29 is 29.3 Å². The first-order valence-electron chi connectivity index (χ1n) is 6.01. The van der Waals surface area contributed by atoms with Gasteiger partial charge in [-0.1, -0.05) is 0 Å². The Morgan fingerprint density at radius 3 is 2.68 bits per heavy atom. The third-order valence-electron chi connectivity index (χ3n) is 2.71. The first kappa shape index (κ1) is 15.2. The molecule has 0 aliphatic carbocycles. The molecule has 1 saturated heterocycles. The molecule has 0 bridgehead atoms. The van der Waals surface area contributed by atoms with E-state index < -0.39 is 30.4 Å². The fraction of sp³-hybridized carbons (Fsp3) is 0.727. The van der Waals surface area contributed by atoms with E-state index in [1.165, 1.54) is 4.90 Å². The maximum absolute atomic E-state index is 11.9. The molecule has 3 N–H and O–H groups in total. The van der Waals surface area contributed by atoms with Crippen LogP contribution in [0.1, 0.15) is 19.8 Å². The van der Waals surface area contributed by atoms with Gasteiger partial charge in [0.25, 0.3) is 0 Å². The van der Waals surface area contributed by atoms with Gasteiger partial charge < -0.3 is 25.2 Å². The molecule has 1 fully saturated rings. The number of aliphatic carboxylic acids is 2. The summed E-state index contributed by atoms with van der Waals surface area (Å²) < 4.78 is 5.37. The molecule has 0 aromatic carbocycles. The Labute approximate surface area is 110 Å². The maximum Gasteiger partial charge on any atom is 0.326 e. The number of urea groups is 1. The fourth-order valence-corrected chi connectivity index (χ4v) is 1.79. The molecule has 0 aromatic heterocycles. The number of hydrogen-bond donors (Lipinski definition) is 3. The van der Waals surface area contributed by atoms with Crippen LogP contribution in [0, 0.1) is 0 Å². The lowest BCUT2D eigenvalue weighted by Gasteiger charge is -2.24. The molecule has 108 valence electrons. The number of carboxylic acid groups (broad SMARTS) is 2. The highest BCUT2D eigenvalue weighted by Crippen LogP contribution is 2.06. The SMILES string of the molecule is CC1CN(C(=O)NC(CC(=O)O)C(=O)O)CCCO1. The number of rotatable bonds is 4. The van der Waals surface area contributed by atoms with Gasteiger partial charge in [0.15, 0.2) is 0 Å². The predicted octanol–water partition coefficient (Wildman–Crippen LogP) is -0.265. The van der Waals surface area contributed by atoms with Gasteiger partial charge in [0.2, 0.25) is 0 Å². The monoisotopic (exact) mass is 274 g/mol. The molecule has 2 unspecified atom stereocenters. The summed E-state index contributed by atoms with van der Waals surface area (Å²) in [5, 5.41) is 19.7. The van der Waals surface area contributed by atoms with E-state index >= 15 is 0 Å². The van der Waals surface area contributed by atoms with Crippen molar-refractivity contribution in [2.75, 3.05) is 19.7 Å². The van der Waals surface area contributed by atoms with Crippen molar-refractivity contribution in [3.8, 4) is 0 Å². The average molecular weight is 274 g/mol. The molecular formula is C11H18N2O6. The lowest BCUT2D eigenvalue weighted by atomic mass is 10.2. The van der Waals surface area contributed by atoms with Crippen LogP contribution in [0.4, 0.5) is 4.79 Å².